The molecule has 3 aliphatic rings. The number of hydrogen-bond acceptors (Lipinski definition) is 4. The van der Waals surface area contributed by atoms with E-state index >= 15 is 0 Å². The zero-order valence-electron chi connectivity index (χ0n) is 15.8. The molecule has 0 aromatic heterocycles. The topological polar surface area (TPSA) is 75.7 Å². The van der Waals surface area contributed by atoms with Gasteiger partial charge >= 0.3 is 0 Å². The van der Waals surface area contributed by atoms with Crippen LogP contribution in [-0.2, 0) is 14.8 Å². The van der Waals surface area contributed by atoms with Crippen LogP contribution in [0.2, 0.25) is 0 Å². The molecule has 6 nitrogen and oxygen atoms in total. The minimum Gasteiger partial charge on any atom is -0.379 e. The van der Waals surface area contributed by atoms with Crippen molar-refractivity contribution in [2.24, 2.45) is 17.8 Å². The highest BCUT2D eigenvalue weighted by Gasteiger charge is 2.42. The van der Waals surface area contributed by atoms with Gasteiger partial charge in [-0.1, -0.05) is 6.42 Å². The van der Waals surface area contributed by atoms with Crippen molar-refractivity contribution in [3.63, 3.8) is 0 Å². The van der Waals surface area contributed by atoms with E-state index in [1.807, 2.05) is 0 Å². The van der Waals surface area contributed by atoms with Crippen LogP contribution >= 0.6 is 0 Å². The average molecular weight is 393 g/mol. The van der Waals surface area contributed by atoms with Crippen molar-refractivity contribution < 1.29 is 17.9 Å². The minimum atomic E-state index is -3.52. The Bertz CT molecular complexity index is 787. The number of sulfonamides is 1. The summed E-state index contributed by atoms with van der Waals surface area (Å²) in [4.78, 5) is 12.8. The van der Waals surface area contributed by atoms with Gasteiger partial charge in [0.05, 0.1) is 18.1 Å². The van der Waals surface area contributed by atoms with Crippen molar-refractivity contribution in [1.29, 1.82) is 0 Å². The normalized spacial score (nSPS) is 29.6. The average Bonchev–Trinajstić information content (AvgIpc) is 3.32. The highest BCUT2D eigenvalue weighted by molar-refractivity contribution is 7.89. The Morgan fingerprint density at radius 3 is 2.44 bits per heavy atom. The van der Waals surface area contributed by atoms with E-state index in [4.69, 9.17) is 4.74 Å². The molecule has 2 bridgehead atoms. The first-order chi connectivity index (χ1) is 12.9. The summed E-state index contributed by atoms with van der Waals surface area (Å²) in [5.74, 6) is 2.06. The van der Waals surface area contributed by atoms with Gasteiger partial charge in [0.2, 0.25) is 10.0 Å². The molecule has 1 aliphatic heterocycles. The fourth-order valence-electron chi connectivity index (χ4n) is 5.02. The maximum Gasteiger partial charge on any atom is 0.251 e. The van der Waals surface area contributed by atoms with E-state index < -0.39 is 10.0 Å². The summed E-state index contributed by atoms with van der Waals surface area (Å²) in [6.45, 7) is 3.67. The summed E-state index contributed by atoms with van der Waals surface area (Å²) >= 11 is 0. The zero-order chi connectivity index (χ0) is 19.0. The Morgan fingerprint density at radius 2 is 1.85 bits per heavy atom. The lowest BCUT2D eigenvalue weighted by atomic mass is 9.84. The van der Waals surface area contributed by atoms with Gasteiger partial charge in [-0.05, 0) is 68.2 Å². The second kappa shape index (κ2) is 7.53. The van der Waals surface area contributed by atoms with Gasteiger partial charge in [-0.3, -0.25) is 4.79 Å². The summed E-state index contributed by atoms with van der Waals surface area (Å²) in [6, 6.07) is 6.43. The molecule has 0 radical (unpaired) electrons. The standard InChI is InChI=1S/C20H28N2O4S/c1-14(19-13-15-2-3-17(19)12-15)21-20(23)16-4-6-18(7-5-16)27(24,25)22-8-10-26-11-9-22/h4-7,14-15,17,19H,2-3,8-13H2,1H3,(H,21,23)/t14-,15+,17+,19-/m1/s1. The van der Waals surface area contributed by atoms with E-state index in [-0.39, 0.29) is 16.8 Å². The Kier molecular flexibility index (Phi) is 5.27. The molecule has 148 valence electrons. The number of morpholine rings is 1. The Hall–Kier alpha value is -1.44. The summed E-state index contributed by atoms with van der Waals surface area (Å²) < 4.78 is 32.0. The third-order valence-corrected chi connectivity index (χ3v) is 8.43. The van der Waals surface area contributed by atoms with Gasteiger partial charge in [0.25, 0.3) is 5.91 Å². The fraction of sp³-hybridized carbons (Fsp3) is 0.650. The molecule has 4 atom stereocenters. The van der Waals surface area contributed by atoms with Crippen molar-refractivity contribution >= 4 is 15.9 Å². The Balaban J connectivity index is 1.40. The number of nitrogens with one attached hydrogen (secondary N) is 1. The molecule has 1 aromatic carbocycles. The third-order valence-electron chi connectivity index (χ3n) is 6.52. The number of fused-ring (bicyclic) bond motifs is 2. The molecule has 1 heterocycles. The van der Waals surface area contributed by atoms with Crippen molar-refractivity contribution in [2.45, 2.75) is 43.5 Å². The second-order valence-corrected chi connectivity index (χ2v) is 10.1. The first kappa shape index (κ1) is 18.9. The van der Waals surface area contributed by atoms with Gasteiger partial charge in [0, 0.05) is 24.7 Å². The predicted octanol–water partition coefficient (Wildman–Crippen LogP) is 2.26. The fourth-order valence-corrected chi connectivity index (χ4v) is 6.43. The third kappa shape index (κ3) is 3.77. The van der Waals surface area contributed by atoms with E-state index in [9.17, 15) is 13.2 Å². The molecule has 3 fully saturated rings. The van der Waals surface area contributed by atoms with Crippen molar-refractivity contribution in [1.82, 2.24) is 9.62 Å². The smallest absolute Gasteiger partial charge is 0.251 e. The molecule has 1 saturated heterocycles. The molecular weight excluding hydrogens is 364 g/mol. The number of benzene rings is 1. The number of carbonyl (C=O) groups is 1. The Morgan fingerprint density at radius 1 is 1.15 bits per heavy atom. The van der Waals surface area contributed by atoms with Crippen LogP contribution in [-0.4, -0.2) is 51.0 Å². The summed E-state index contributed by atoms with van der Waals surface area (Å²) in [5, 5.41) is 3.13. The van der Waals surface area contributed by atoms with Crippen molar-refractivity contribution in [3.05, 3.63) is 29.8 Å². The first-order valence-corrected chi connectivity index (χ1v) is 11.4. The molecular formula is C20H28N2O4S. The molecule has 27 heavy (non-hydrogen) atoms. The first-order valence-electron chi connectivity index (χ1n) is 9.94. The quantitative estimate of drug-likeness (QED) is 0.834. The number of amides is 1. The lowest BCUT2D eigenvalue weighted by Crippen LogP contribution is -2.41. The lowest BCUT2D eigenvalue weighted by molar-refractivity contribution is 0.0730. The summed E-state index contributed by atoms with van der Waals surface area (Å²) in [6.07, 6.45) is 5.19. The SMILES string of the molecule is C[C@@H](NC(=O)c1ccc(S(=O)(=O)N2CCOCC2)cc1)[C@H]1C[C@H]2CC[C@H]1C2. The zero-order valence-corrected chi connectivity index (χ0v) is 16.6. The van der Waals surface area contributed by atoms with Crippen LogP contribution in [0.4, 0.5) is 0 Å². The summed E-state index contributed by atoms with van der Waals surface area (Å²) in [5.41, 5.74) is 0.505. The minimum absolute atomic E-state index is 0.124. The van der Waals surface area contributed by atoms with Gasteiger partial charge in [0.15, 0.2) is 0 Å². The molecule has 1 amide bonds. The van der Waals surface area contributed by atoms with Crippen LogP contribution < -0.4 is 5.32 Å². The predicted molar refractivity (Wildman–Crippen MR) is 102 cm³/mol. The van der Waals surface area contributed by atoms with Crippen LogP contribution in [0.25, 0.3) is 0 Å². The maximum absolute atomic E-state index is 12.7. The second-order valence-electron chi connectivity index (χ2n) is 8.14. The van der Waals surface area contributed by atoms with Crippen molar-refractivity contribution in [3.8, 4) is 0 Å². The summed E-state index contributed by atoms with van der Waals surface area (Å²) in [7, 11) is -3.52. The molecule has 2 saturated carbocycles. The molecule has 0 unspecified atom stereocenters. The molecule has 1 aromatic rings. The highest BCUT2D eigenvalue weighted by Crippen LogP contribution is 2.49. The Labute approximate surface area is 161 Å². The van der Waals surface area contributed by atoms with Gasteiger partial charge in [-0.15, -0.1) is 0 Å². The highest BCUT2D eigenvalue weighted by atomic mass is 32.2. The molecule has 2 aliphatic carbocycles. The van der Waals surface area contributed by atoms with Gasteiger partial charge < -0.3 is 10.1 Å². The van der Waals surface area contributed by atoms with Gasteiger partial charge in [0.1, 0.15) is 0 Å². The number of carbonyl (C=O) groups excluding carboxylic acids is 1. The monoisotopic (exact) mass is 392 g/mol. The van der Waals surface area contributed by atoms with E-state index in [1.165, 1.54) is 42.1 Å². The van der Waals surface area contributed by atoms with E-state index in [0.29, 0.717) is 37.8 Å². The van der Waals surface area contributed by atoms with Crippen LogP contribution in [0, 0.1) is 17.8 Å². The molecule has 0 spiro atoms. The number of hydrogen-bond donors (Lipinski definition) is 1. The van der Waals surface area contributed by atoms with Gasteiger partial charge in [-0.2, -0.15) is 4.31 Å². The number of ether oxygens (including phenoxy) is 1. The van der Waals surface area contributed by atoms with Crippen LogP contribution in [0.1, 0.15) is 43.0 Å². The largest absolute Gasteiger partial charge is 0.379 e. The van der Waals surface area contributed by atoms with Crippen LogP contribution in [0.15, 0.2) is 29.2 Å². The van der Waals surface area contributed by atoms with Crippen molar-refractivity contribution in [2.75, 3.05) is 26.3 Å². The maximum atomic E-state index is 12.7. The van der Waals surface area contributed by atoms with Crippen LogP contribution in [0.5, 0.6) is 0 Å². The molecule has 1 N–H and O–H groups in total. The number of nitrogens with zero attached hydrogens (tertiary/aromatic N) is 1. The van der Waals surface area contributed by atoms with E-state index in [0.717, 1.165) is 11.8 Å². The molecule has 4 rings (SSSR count). The number of rotatable bonds is 5. The van der Waals surface area contributed by atoms with E-state index in [2.05, 4.69) is 12.2 Å². The molecule has 7 heteroatoms. The lowest BCUT2D eigenvalue weighted by Gasteiger charge is -2.28. The van der Waals surface area contributed by atoms with Crippen LogP contribution in [0.3, 0.4) is 0 Å². The van der Waals surface area contributed by atoms with Gasteiger partial charge in [-0.25, -0.2) is 8.42 Å². The van der Waals surface area contributed by atoms with E-state index in [1.54, 1.807) is 12.1 Å².